The van der Waals surface area contributed by atoms with Gasteiger partial charge in [-0.15, -0.1) is 22.9 Å². The molecule has 0 aliphatic carbocycles. The number of aryl methyl sites for hydroxylation is 1. The molecule has 1 aromatic carbocycles. The minimum Gasteiger partial charge on any atom is -0.206 e. The third-order valence-electron chi connectivity index (χ3n) is 2.41. The molecule has 1 heterocycles. The Morgan fingerprint density at radius 1 is 1.41 bits per heavy atom. The maximum Gasteiger partial charge on any atom is 0.131 e. The molecule has 0 bridgehead atoms. The molecule has 1 unspecified atom stereocenters. The largest absolute Gasteiger partial charge is 0.206 e. The first-order valence-corrected chi connectivity index (χ1v) is 7.27. The molecule has 90 valence electrons. The van der Waals surface area contributed by atoms with E-state index >= 15 is 0 Å². The molecule has 0 nitrogen and oxygen atoms in total. The van der Waals surface area contributed by atoms with Gasteiger partial charge in [-0.25, -0.2) is 4.39 Å². The van der Waals surface area contributed by atoms with Crippen molar-refractivity contribution in [3.8, 4) is 0 Å². The highest BCUT2D eigenvalue weighted by Crippen LogP contribution is 2.41. The van der Waals surface area contributed by atoms with Crippen LogP contribution >= 0.6 is 50.5 Å². The maximum absolute atomic E-state index is 13.9. The fourth-order valence-corrected chi connectivity index (χ4v) is 3.62. The van der Waals surface area contributed by atoms with Gasteiger partial charge >= 0.3 is 0 Å². The van der Waals surface area contributed by atoms with Gasteiger partial charge in [0.05, 0.1) is 14.2 Å². The Kier molecular flexibility index (Phi) is 4.14. The summed E-state index contributed by atoms with van der Waals surface area (Å²) in [5.41, 5.74) is 1.08. The van der Waals surface area contributed by atoms with Crippen molar-refractivity contribution in [2.24, 2.45) is 0 Å². The van der Waals surface area contributed by atoms with E-state index in [0.29, 0.717) is 16.1 Å². The minimum absolute atomic E-state index is 0.256. The van der Waals surface area contributed by atoms with Gasteiger partial charge in [0.2, 0.25) is 0 Å². The van der Waals surface area contributed by atoms with Gasteiger partial charge < -0.3 is 0 Å². The van der Waals surface area contributed by atoms with Crippen LogP contribution in [0.1, 0.15) is 21.4 Å². The summed E-state index contributed by atoms with van der Waals surface area (Å²) in [6, 6.07) is 6.98. The molecule has 0 radical (unpaired) electrons. The normalized spacial score (nSPS) is 12.8. The number of benzene rings is 1. The molecule has 0 amide bonds. The molecule has 0 fully saturated rings. The molecule has 1 aromatic heterocycles. The second kappa shape index (κ2) is 5.27. The van der Waals surface area contributed by atoms with Crippen LogP contribution in [0.15, 0.2) is 28.1 Å². The lowest BCUT2D eigenvalue weighted by Gasteiger charge is -2.10. The smallest absolute Gasteiger partial charge is 0.131 e. The summed E-state index contributed by atoms with van der Waals surface area (Å²) in [6.07, 6.45) is 0. The fraction of sp³-hybridized carbons (Fsp3) is 0.167. The first-order valence-electron chi connectivity index (χ1n) is 4.84. The van der Waals surface area contributed by atoms with E-state index in [2.05, 4.69) is 15.9 Å². The molecule has 2 rings (SSSR count). The first kappa shape index (κ1) is 13.3. The summed E-state index contributed by atoms with van der Waals surface area (Å²) in [7, 11) is 0. The van der Waals surface area contributed by atoms with Crippen molar-refractivity contribution >= 4 is 50.5 Å². The van der Waals surface area contributed by atoms with Gasteiger partial charge in [0.1, 0.15) is 5.82 Å². The Balaban J connectivity index is 2.43. The molecule has 5 heteroatoms. The van der Waals surface area contributed by atoms with Gasteiger partial charge in [-0.3, -0.25) is 0 Å². The zero-order valence-electron chi connectivity index (χ0n) is 8.81. The maximum atomic E-state index is 13.9. The quantitative estimate of drug-likeness (QED) is 0.586. The van der Waals surface area contributed by atoms with Crippen LogP contribution in [0.5, 0.6) is 0 Å². The fourth-order valence-electron chi connectivity index (χ4n) is 1.51. The predicted octanol–water partition coefficient (Wildman–Crippen LogP) is 5.94. The molecule has 1 atom stereocenters. The van der Waals surface area contributed by atoms with Crippen LogP contribution in [0.25, 0.3) is 0 Å². The molecular weight excluding hydrogens is 346 g/mol. The second-order valence-corrected chi connectivity index (χ2v) is 6.86. The summed E-state index contributed by atoms with van der Waals surface area (Å²) in [6.45, 7) is 1.72. The first-order chi connectivity index (χ1) is 8.00. The molecule has 0 aliphatic heterocycles. The molecule has 0 N–H and O–H groups in total. The van der Waals surface area contributed by atoms with Gasteiger partial charge in [-0.2, -0.15) is 0 Å². The number of thiophene rings is 1. The minimum atomic E-state index is -0.510. The molecule has 2 aromatic rings. The highest BCUT2D eigenvalue weighted by Gasteiger charge is 2.19. The Labute approximate surface area is 121 Å². The van der Waals surface area contributed by atoms with E-state index in [0.717, 1.165) is 8.66 Å². The van der Waals surface area contributed by atoms with Gasteiger partial charge in [-0.1, -0.05) is 29.8 Å². The highest BCUT2D eigenvalue weighted by atomic mass is 79.9. The van der Waals surface area contributed by atoms with Crippen molar-refractivity contribution in [1.29, 1.82) is 0 Å². The average Bonchev–Trinajstić information content (AvgIpc) is 2.62. The number of rotatable bonds is 2. The lowest BCUT2D eigenvalue weighted by molar-refractivity contribution is 0.604. The van der Waals surface area contributed by atoms with Crippen LogP contribution in [0.3, 0.4) is 0 Å². The molecule has 0 aliphatic rings. The SMILES string of the molecule is Cc1cccc(C(Cl)c2cc(Cl)c(Br)s2)c1F. The highest BCUT2D eigenvalue weighted by molar-refractivity contribution is 9.11. The van der Waals surface area contributed by atoms with Gasteiger partial charge in [0.15, 0.2) is 0 Å². The Bertz CT molecular complexity index is 534. The molecule has 0 saturated heterocycles. The van der Waals surface area contributed by atoms with E-state index < -0.39 is 5.38 Å². The van der Waals surface area contributed by atoms with Crippen molar-refractivity contribution in [1.82, 2.24) is 0 Å². The number of halogens is 4. The van der Waals surface area contributed by atoms with Crippen molar-refractivity contribution < 1.29 is 4.39 Å². The summed E-state index contributed by atoms with van der Waals surface area (Å²) in [5, 5.41) is 0.0902. The topological polar surface area (TPSA) is 0 Å². The third-order valence-corrected chi connectivity index (χ3v) is 5.55. The van der Waals surface area contributed by atoms with E-state index in [1.807, 2.05) is 0 Å². The van der Waals surface area contributed by atoms with Crippen molar-refractivity contribution in [2.45, 2.75) is 12.3 Å². The summed E-state index contributed by atoms with van der Waals surface area (Å²) in [4.78, 5) is 0.827. The number of hydrogen-bond donors (Lipinski definition) is 0. The Hall–Kier alpha value is -0.0900. The average molecular weight is 354 g/mol. The van der Waals surface area contributed by atoms with Gasteiger partial charge in [0, 0.05) is 10.4 Å². The van der Waals surface area contributed by atoms with Crippen LogP contribution < -0.4 is 0 Å². The number of hydrogen-bond acceptors (Lipinski definition) is 1. The molecular formula is C12H8BrCl2FS. The lowest BCUT2D eigenvalue weighted by Crippen LogP contribution is -1.96. The summed E-state index contributed by atoms with van der Waals surface area (Å²) >= 11 is 17.0. The van der Waals surface area contributed by atoms with Gasteiger partial charge in [0.25, 0.3) is 0 Å². The molecule has 0 spiro atoms. The third kappa shape index (κ3) is 2.68. The van der Waals surface area contributed by atoms with Crippen LogP contribution in [0.4, 0.5) is 4.39 Å². The summed E-state index contributed by atoms with van der Waals surface area (Å²) in [5.74, 6) is -0.256. The van der Waals surface area contributed by atoms with Crippen LogP contribution in [-0.4, -0.2) is 0 Å². The zero-order valence-corrected chi connectivity index (χ0v) is 12.7. The van der Waals surface area contributed by atoms with E-state index in [1.54, 1.807) is 31.2 Å². The van der Waals surface area contributed by atoms with E-state index in [9.17, 15) is 4.39 Å². The standard InChI is InChI=1S/C12H8BrCl2FS/c1-6-3-2-4-7(11(6)16)10(15)9-5-8(14)12(13)17-9/h2-5,10H,1H3. The van der Waals surface area contributed by atoms with Crippen molar-refractivity contribution in [3.05, 3.63) is 54.9 Å². The van der Waals surface area contributed by atoms with E-state index in [-0.39, 0.29) is 5.82 Å². The van der Waals surface area contributed by atoms with E-state index in [1.165, 1.54) is 11.3 Å². The second-order valence-electron chi connectivity index (χ2n) is 3.61. The molecule has 0 saturated carbocycles. The van der Waals surface area contributed by atoms with Crippen molar-refractivity contribution in [3.63, 3.8) is 0 Å². The predicted molar refractivity (Wildman–Crippen MR) is 75.9 cm³/mol. The van der Waals surface area contributed by atoms with Crippen LogP contribution in [-0.2, 0) is 0 Å². The Morgan fingerprint density at radius 3 is 2.71 bits per heavy atom. The van der Waals surface area contributed by atoms with Gasteiger partial charge in [-0.05, 0) is 34.5 Å². The monoisotopic (exact) mass is 352 g/mol. The molecule has 17 heavy (non-hydrogen) atoms. The van der Waals surface area contributed by atoms with Crippen LogP contribution in [0, 0.1) is 12.7 Å². The zero-order chi connectivity index (χ0) is 12.6. The lowest BCUT2D eigenvalue weighted by atomic mass is 10.1. The summed E-state index contributed by atoms with van der Waals surface area (Å²) < 4.78 is 14.7. The Morgan fingerprint density at radius 2 is 2.12 bits per heavy atom. The van der Waals surface area contributed by atoms with E-state index in [4.69, 9.17) is 23.2 Å². The number of alkyl halides is 1. The van der Waals surface area contributed by atoms with Crippen molar-refractivity contribution in [2.75, 3.05) is 0 Å². The van der Waals surface area contributed by atoms with Crippen LogP contribution in [0.2, 0.25) is 5.02 Å².